The van der Waals surface area contributed by atoms with Gasteiger partial charge in [0, 0.05) is 10.6 Å². The summed E-state index contributed by atoms with van der Waals surface area (Å²) in [5.74, 6) is 0.991. The number of amides is 1. The number of benzene rings is 4. The van der Waals surface area contributed by atoms with Crippen molar-refractivity contribution in [3.63, 3.8) is 0 Å². The summed E-state index contributed by atoms with van der Waals surface area (Å²) in [6, 6.07) is 31.0. The van der Waals surface area contributed by atoms with Crippen LogP contribution in [0, 0.1) is 0 Å². The van der Waals surface area contributed by atoms with Gasteiger partial charge in [-0.05, 0) is 72.1 Å². The van der Waals surface area contributed by atoms with Crippen LogP contribution in [0.25, 0.3) is 12.2 Å². The number of hydrogen-bond acceptors (Lipinski definition) is 3. The van der Waals surface area contributed by atoms with Gasteiger partial charge >= 0.3 is 0 Å². The number of rotatable bonds is 7. The SMILES string of the molecule is CC(c1ccccc1)N(O)C(=O)c1ccc(C=Cc2cccc(Oc3ccc(Cl)cc3)c2)cc1. The molecular weight excluding hydrogens is 446 g/mol. The Labute approximate surface area is 204 Å². The predicted octanol–water partition coefficient (Wildman–Crippen LogP) is 7.90. The molecule has 34 heavy (non-hydrogen) atoms. The van der Waals surface area contributed by atoms with E-state index in [1.807, 2.05) is 91.0 Å². The fraction of sp³-hybridized carbons (Fsp3) is 0.0690. The molecule has 0 saturated carbocycles. The van der Waals surface area contributed by atoms with Crippen LogP contribution < -0.4 is 4.74 Å². The second kappa shape index (κ2) is 10.8. The highest BCUT2D eigenvalue weighted by molar-refractivity contribution is 6.30. The van der Waals surface area contributed by atoms with Crippen molar-refractivity contribution in [1.82, 2.24) is 5.06 Å². The van der Waals surface area contributed by atoms with Gasteiger partial charge in [-0.2, -0.15) is 0 Å². The summed E-state index contributed by atoms with van der Waals surface area (Å²) in [6.07, 6.45) is 3.93. The second-order valence-electron chi connectivity index (χ2n) is 7.82. The van der Waals surface area contributed by atoms with Crippen molar-refractivity contribution in [2.75, 3.05) is 0 Å². The lowest BCUT2D eigenvalue weighted by atomic mass is 10.1. The molecule has 1 amide bonds. The van der Waals surface area contributed by atoms with Crippen LogP contribution in [0.3, 0.4) is 0 Å². The molecule has 4 aromatic carbocycles. The maximum Gasteiger partial charge on any atom is 0.277 e. The molecule has 4 rings (SSSR count). The Balaban J connectivity index is 1.41. The Morgan fingerprint density at radius 2 is 1.50 bits per heavy atom. The topological polar surface area (TPSA) is 49.8 Å². The van der Waals surface area contributed by atoms with Crippen molar-refractivity contribution in [2.24, 2.45) is 0 Å². The molecule has 4 aromatic rings. The van der Waals surface area contributed by atoms with Crippen molar-refractivity contribution in [3.05, 3.63) is 130 Å². The van der Waals surface area contributed by atoms with E-state index in [4.69, 9.17) is 16.3 Å². The summed E-state index contributed by atoms with van der Waals surface area (Å²) < 4.78 is 5.88. The van der Waals surface area contributed by atoms with Gasteiger partial charge in [-0.15, -0.1) is 0 Å². The van der Waals surface area contributed by atoms with Gasteiger partial charge in [0.1, 0.15) is 11.5 Å². The van der Waals surface area contributed by atoms with E-state index >= 15 is 0 Å². The molecule has 1 N–H and O–H groups in total. The van der Waals surface area contributed by atoms with Crippen LogP contribution in [-0.2, 0) is 0 Å². The monoisotopic (exact) mass is 469 g/mol. The van der Waals surface area contributed by atoms with Gasteiger partial charge in [0.05, 0.1) is 6.04 Å². The van der Waals surface area contributed by atoms with Crippen molar-refractivity contribution in [1.29, 1.82) is 0 Å². The molecule has 0 saturated heterocycles. The quantitative estimate of drug-likeness (QED) is 0.170. The maximum absolute atomic E-state index is 12.7. The van der Waals surface area contributed by atoms with Crippen LogP contribution in [0.1, 0.15) is 40.0 Å². The molecule has 1 atom stereocenters. The Hall–Kier alpha value is -3.86. The van der Waals surface area contributed by atoms with Crippen LogP contribution in [0.4, 0.5) is 0 Å². The average molecular weight is 470 g/mol. The summed E-state index contributed by atoms with van der Waals surface area (Å²) in [6.45, 7) is 1.79. The first-order valence-electron chi connectivity index (χ1n) is 10.9. The van der Waals surface area contributed by atoms with E-state index in [0.29, 0.717) is 16.3 Å². The first-order valence-corrected chi connectivity index (χ1v) is 11.3. The molecule has 170 valence electrons. The fourth-order valence-corrected chi connectivity index (χ4v) is 3.56. The Morgan fingerprint density at radius 1 is 0.824 bits per heavy atom. The highest BCUT2D eigenvalue weighted by Gasteiger charge is 2.20. The Morgan fingerprint density at radius 3 is 2.21 bits per heavy atom. The van der Waals surface area contributed by atoms with Gasteiger partial charge in [-0.25, -0.2) is 5.06 Å². The third kappa shape index (κ3) is 5.93. The van der Waals surface area contributed by atoms with Crippen molar-refractivity contribution in [3.8, 4) is 11.5 Å². The fourth-order valence-electron chi connectivity index (χ4n) is 3.43. The number of carbonyl (C=O) groups excluding carboxylic acids is 1. The lowest BCUT2D eigenvalue weighted by Gasteiger charge is -2.23. The summed E-state index contributed by atoms with van der Waals surface area (Å²) >= 11 is 5.92. The van der Waals surface area contributed by atoms with Gasteiger partial charge in [0.15, 0.2) is 0 Å². The van der Waals surface area contributed by atoms with E-state index in [9.17, 15) is 10.0 Å². The molecular formula is C29H24ClNO3. The third-order valence-corrected chi connectivity index (χ3v) is 5.64. The second-order valence-corrected chi connectivity index (χ2v) is 8.26. The van der Waals surface area contributed by atoms with Gasteiger partial charge < -0.3 is 4.74 Å². The van der Waals surface area contributed by atoms with Gasteiger partial charge in [0.2, 0.25) is 0 Å². The lowest BCUT2D eigenvalue weighted by molar-refractivity contribution is -0.0854. The molecule has 0 aliphatic carbocycles. The van der Waals surface area contributed by atoms with Crippen LogP contribution in [-0.4, -0.2) is 16.2 Å². The normalized spacial score (nSPS) is 11.9. The van der Waals surface area contributed by atoms with E-state index in [2.05, 4.69) is 0 Å². The van der Waals surface area contributed by atoms with E-state index < -0.39 is 11.9 Å². The number of ether oxygens (including phenoxy) is 1. The van der Waals surface area contributed by atoms with Crippen LogP contribution in [0.2, 0.25) is 5.02 Å². The molecule has 5 heteroatoms. The maximum atomic E-state index is 12.7. The number of nitrogens with zero attached hydrogens (tertiary/aromatic N) is 1. The summed E-state index contributed by atoms with van der Waals surface area (Å²) in [7, 11) is 0. The lowest BCUT2D eigenvalue weighted by Crippen LogP contribution is -2.30. The average Bonchev–Trinajstić information content (AvgIpc) is 2.88. The molecule has 0 aromatic heterocycles. The van der Waals surface area contributed by atoms with Crippen molar-refractivity contribution >= 4 is 29.7 Å². The molecule has 0 heterocycles. The first-order chi connectivity index (χ1) is 16.5. The number of halogens is 1. The minimum Gasteiger partial charge on any atom is -0.457 e. The van der Waals surface area contributed by atoms with Gasteiger partial charge in [-0.3, -0.25) is 10.0 Å². The molecule has 0 aliphatic rings. The number of hydrogen-bond donors (Lipinski definition) is 1. The summed E-state index contributed by atoms with van der Waals surface area (Å²) in [5, 5.41) is 11.8. The van der Waals surface area contributed by atoms with E-state index in [1.54, 1.807) is 31.2 Å². The zero-order valence-corrected chi connectivity index (χ0v) is 19.4. The first kappa shape index (κ1) is 23.3. The summed E-state index contributed by atoms with van der Waals surface area (Å²) in [5.41, 5.74) is 3.19. The highest BCUT2D eigenvalue weighted by Crippen LogP contribution is 2.25. The van der Waals surface area contributed by atoms with Gasteiger partial charge in [-0.1, -0.05) is 78.4 Å². The van der Waals surface area contributed by atoms with E-state index in [-0.39, 0.29) is 0 Å². The molecule has 0 fully saturated rings. The largest absolute Gasteiger partial charge is 0.457 e. The molecule has 1 unspecified atom stereocenters. The minimum absolute atomic E-state index is 0.417. The van der Waals surface area contributed by atoms with Gasteiger partial charge in [0.25, 0.3) is 5.91 Å². The van der Waals surface area contributed by atoms with Crippen molar-refractivity contribution in [2.45, 2.75) is 13.0 Å². The molecule has 0 bridgehead atoms. The Bertz CT molecular complexity index is 1270. The number of carbonyl (C=O) groups is 1. The van der Waals surface area contributed by atoms with Crippen LogP contribution >= 0.6 is 11.6 Å². The van der Waals surface area contributed by atoms with Crippen LogP contribution in [0.15, 0.2) is 103 Å². The van der Waals surface area contributed by atoms with Crippen LogP contribution in [0.5, 0.6) is 11.5 Å². The standard InChI is InChI=1S/C29H24ClNO3/c1-21(24-7-3-2-4-8-24)31(33)29(32)25-14-12-22(13-15-25)10-11-23-6-5-9-28(20-23)34-27-18-16-26(30)17-19-27/h2-21,33H,1H3. The zero-order valence-electron chi connectivity index (χ0n) is 18.6. The molecule has 0 radical (unpaired) electrons. The molecule has 0 aliphatic heterocycles. The summed E-state index contributed by atoms with van der Waals surface area (Å²) in [4.78, 5) is 12.7. The predicted molar refractivity (Wildman–Crippen MR) is 136 cm³/mol. The minimum atomic E-state index is -0.448. The molecule has 0 spiro atoms. The van der Waals surface area contributed by atoms with E-state index in [1.165, 1.54) is 0 Å². The Kier molecular flexibility index (Phi) is 7.43. The van der Waals surface area contributed by atoms with Crippen molar-refractivity contribution < 1.29 is 14.7 Å². The highest BCUT2D eigenvalue weighted by atomic mass is 35.5. The van der Waals surface area contributed by atoms with E-state index in [0.717, 1.165) is 27.5 Å². The molecule has 4 nitrogen and oxygen atoms in total. The smallest absolute Gasteiger partial charge is 0.277 e. The zero-order chi connectivity index (χ0) is 23.9. The number of hydroxylamine groups is 2. The third-order valence-electron chi connectivity index (χ3n) is 5.39.